The minimum atomic E-state index is -0.390. The van der Waals surface area contributed by atoms with Crippen LogP contribution in [0.4, 0.5) is 5.69 Å². The number of nitrogens with zero attached hydrogens (tertiary/aromatic N) is 2. The summed E-state index contributed by atoms with van der Waals surface area (Å²) in [6.07, 6.45) is 3.51. The predicted octanol–water partition coefficient (Wildman–Crippen LogP) is 3.28. The molecule has 0 spiro atoms. The zero-order valence-corrected chi connectivity index (χ0v) is 11.4. The first-order valence-electron chi connectivity index (χ1n) is 6.41. The highest BCUT2D eigenvalue weighted by Gasteiger charge is 2.14. The van der Waals surface area contributed by atoms with Crippen LogP contribution in [0, 0.1) is 16.0 Å². The average molecular weight is 272 g/mol. The highest BCUT2D eigenvalue weighted by Crippen LogP contribution is 2.19. The summed E-state index contributed by atoms with van der Waals surface area (Å²) < 4.78 is 1.79. The van der Waals surface area contributed by atoms with E-state index in [0.717, 1.165) is 0 Å². The van der Waals surface area contributed by atoms with Gasteiger partial charge in [-0.3, -0.25) is 14.9 Å². The number of carbonyl (C=O) groups is 1. The molecule has 0 unspecified atom stereocenters. The van der Waals surface area contributed by atoms with Gasteiger partial charge in [0.25, 0.3) is 5.69 Å². The van der Waals surface area contributed by atoms with Crippen molar-refractivity contribution >= 4 is 11.5 Å². The molecule has 0 aliphatic rings. The van der Waals surface area contributed by atoms with Gasteiger partial charge in [-0.05, 0) is 6.07 Å². The van der Waals surface area contributed by atoms with Crippen molar-refractivity contribution in [3.63, 3.8) is 0 Å². The molecule has 5 heteroatoms. The van der Waals surface area contributed by atoms with Crippen LogP contribution >= 0.6 is 0 Å². The molecule has 0 amide bonds. The summed E-state index contributed by atoms with van der Waals surface area (Å²) in [5.74, 6) is 0.0169. The van der Waals surface area contributed by atoms with Crippen LogP contribution < -0.4 is 0 Å². The largest absolute Gasteiger partial charge is 0.349 e. The molecule has 0 fully saturated rings. The van der Waals surface area contributed by atoms with Crippen LogP contribution in [0.1, 0.15) is 29.8 Å². The minimum absolute atomic E-state index is 0.0584. The monoisotopic (exact) mass is 272 g/mol. The molecule has 2 aromatic rings. The molecular formula is C15H16N2O3. The molecule has 0 aliphatic heterocycles. The Bertz CT molecular complexity index is 644. The number of rotatable bonds is 5. The lowest BCUT2D eigenvalue weighted by Gasteiger charge is -2.04. The van der Waals surface area contributed by atoms with Crippen molar-refractivity contribution in [3.8, 4) is 0 Å². The fourth-order valence-corrected chi connectivity index (χ4v) is 2.04. The lowest BCUT2D eigenvalue weighted by atomic mass is 10.0. The van der Waals surface area contributed by atoms with E-state index in [1.807, 2.05) is 13.8 Å². The van der Waals surface area contributed by atoms with Gasteiger partial charge in [-0.15, -0.1) is 0 Å². The first-order chi connectivity index (χ1) is 9.49. The zero-order valence-electron chi connectivity index (χ0n) is 11.4. The molecule has 0 aliphatic carbocycles. The van der Waals surface area contributed by atoms with E-state index in [4.69, 9.17) is 0 Å². The van der Waals surface area contributed by atoms with Gasteiger partial charge in [0.1, 0.15) is 0 Å². The van der Waals surface area contributed by atoms with Crippen molar-refractivity contribution in [2.75, 3.05) is 0 Å². The Morgan fingerprint density at radius 3 is 2.65 bits per heavy atom. The number of benzene rings is 1. The van der Waals surface area contributed by atoms with E-state index in [0.29, 0.717) is 17.7 Å². The Kier molecular flexibility index (Phi) is 3.98. The Balaban J connectivity index is 2.23. The molecule has 0 saturated heterocycles. The number of hydrogen-bond acceptors (Lipinski definition) is 3. The Morgan fingerprint density at radius 2 is 2.00 bits per heavy atom. The molecule has 1 heterocycles. The topological polar surface area (TPSA) is 65.1 Å². The van der Waals surface area contributed by atoms with Crippen molar-refractivity contribution in [1.29, 1.82) is 0 Å². The third kappa shape index (κ3) is 2.93. The highest BCUT2D eigenvalue weighted by molar-refractivity contribution is 5.97. The number of hydrogen-bond donors (Lipinski definition) is 0. The number of carbonyl (C=O) groups excluding carboxylic acids is 1. The lowest BCUT2D eigenvalue weighted by Crippen LogP contribution is -2.06. The molecular weight excluding hydrogens is 256 g/mol. The second-order valence-corrected chi connectivity index (χ2v) is 4.98. The van der Waals surface area contributed by atoms with Crippen LogP contribution in [0.3, 0.4) is 0 Å². The summed E-state index contributed by atoms with van der Waals surface area (Å²) in [5, 5.41) is 11.0. The number of ketones is 1. The molecule has 0 radical (unpaired) electrons. The zero-order chi connectivity index (χ0) is 14.7. The fourth-order valence-electron chi connectivity index (χ4n) is 2.04. The number of para-hydroxylation sites is 1. The van der Waals surface area contributed by atoms with Crippen LogP contribution in [0.5, 0.6) is 0 Å². The van der Waals surface area contributed by atoms with Gasteiger partial charge in [0.05, 0.1) is 11.5 Å². The van der Waals surface area contributed by atoms with Gasteiger partial charge in [0.15, 0.2) is 5.78 Å². The molecule has 0 atom stereocenters. The summed E-state index contributed by atoms with van der Waals surface area (Å²) in [6.45, 7) is 4.08. The van der Waals surface area contributed by atoms with Crippen LogP contribution in [0.2, 0.25) is 0 Å². The van der Waals surface area contributed by atoms with E-state index in [1.165, 1.54) is 6.07 Å². The fraction of sp³-hybridized carbons (Fsp3) is 0.267. The van der Waals surface area contributed by atoms with Gasteiger partial charge in [-0.25, -0.2) is 0 Å². The van der Waals surface area contributed by atoms with Gasteiger partial charge < -0.3 is 4.57 Å². The van der Waals surface area contributed by atoms with E-state index < -0.39 is 0 Å². The van der Waals surface area contributed by atoms with Gasteiger partial charge in [0, 0.05) is 35.5 Å². The lowest BCUT2D eigenvalue weighted by molar-refractivity contribution is -0.385. The molecule has 5 nitrogen and oxygen atoms in total. The van der Waals surface area contributed by atoms with E-state index in [1.54, 1.807) is 41.2 Å². The maximum absolute atomic E-state index is 11.9. The van der Waals surface area contributed by atoms with Crippen molar-refractivity contribution in [1.82, 2.24) is 4.57 Å². The molecule has 104 valence electrons. The highest BCUT2D eigenvalue weighted by atomic mass is 16.6. The van der Waals surface area contributed by atoms with Gasteiger partial charge in [0.2, 0.25) is 0 Å². The number of aromatic nitrogens is 1. The van der Waals surface area contributed by atoms with E-state index in [-0.39, 0.29) is 22.3 Å². The first kappa shape index (κ1) is 14.0. The maximum atomic E-state index is 11.9. The minimum Gasteiger partial charge on any atom is -0.349 e. The third-order valence-electron chi connectivity index (χ3n) is 3.10. The third-order valence-corrected chi connectivity index (χ3v) is 3.10. The van der Waals surface area contributed by atoms with Gasteiger partial charge >= 0.3 is 0 Å². The average Bonchev–Trinajstić information content (AvgIpc) is 2.86. The predicted molar refractivity (Wildman–Crippen MR) is 75.8 cm³/mol. The van der Waals surface area contributed by atoms with E-state index >= 15 is 0 Å². The van der Waals surface area contributed by atoms with Crippen molar-refractivity contribution in [3.05, 3.63) is 64.0 Å². The molecule has 1 aromatic heterocycles. The Hall–Kier alpha value is -2.43. The van der Waals surface area contributed by atoms with Crippen LogP contribution in [-0.2, 0) is 6.54 Å². The summed E-state index contributed by atoms with van der Waals surface area (Å²) in [5.41, 5.74) is 1.35. The smallest absolute Gasteiger partial charge is 0.274 e. The second kappa shape index (κ2) is 5.69. The normalized spacial score (nSPS) is 10.8. The molecule has 20 heavy (non-hydrogen) atoms. The molecule has 1 aromatic carbocycles. The van der Waals surface area contributed by atoms with Crippen molar-refractivity contribution in [2.24, 2.45) is 5.92 Å². The van der Waals surface area contributed by atoms with E-state index in [2.05, 4.69) is 0 Å². The van der Waals surface area contributed by atoms with Gasteiger partial charge in [-0.1, -0.05) is 32.0 Å². The van der Waals surface area contributed by atoms with Crippen LogP contribution in [0.15, 0.2) is 42.7 Å². The second-order valence-electron chi connectivity index (χ2n) is 4.98. The molecule has 0 bridgehead atoms. The summed E-state index contributed by atoms with van der Waals surface area (Å²) in [7, 11) is 0. The van der Waals surface area contributed by atoms with Crippen LogP contribution in [0.25, 0.3) is 0 Å². The molecule has 2 rings (SSSR count). The first-order valence-corrected chi connectivity index (χ1v) is 6.41. The number of Topliss-reactive ketones (excluding diaryl/α,β-unsaturated/α-hetero) is 1. The van der Waals surface area contributed by atoms with E-state index in [9.17, 15) is 14.9 Å². The quantitative estimate of drug-likeness (QED) is 0.476. The summed E-state index contributed by atoms with van der Waals surface area (Å²) in [4.78, 5) is 22.4. The summed E-state index contributed by atoms with van der Waals surface area (Å²) >= 11 is 0. The van der Waals surface area contributed by atoms with Crippen molar-refractivity contribution < 1.29 is 9.72 Å². The molecule has 0 saturated carbocycles. The maximum Gasteiger partial charge on any atom is 0.274 e. The Morgan fingerprint density at radius 1 is 1.30 bits per heavy atom. The molecule has 0 N–H and O–H groups in total. The van der Waals surface area contributed by atoms with Crippen molar-refractivity contribution in [2.45, 2.75) is 20.4 Å². The standard InChI is InChI=1S/C15H16N2O3/c1-11(2)15(18)13-7-8-16(10-13)9-12-5-3-4-6-14(12)17(19)20/h3-8,10-11H,9H2,1-2H3. The van der Waals surface area contributed by atoms with Gasteiger partial charge in [-0.2, -0.15) is 0 Å². The number of nitro benzene ring substituents is 1. The number of nitro groups is 1. The summed E-state index contributed by atoms with van der Waals surface area (Å²) in [6, 6.07) is 8.37. The van der Waals surface area contributed by atoms with Crippen LogP contribution in [-0.4, -0.2) is 15.3 Å². The Labute approximate surface area is 117 Å². The SMILES string of the molecule is CC(C)C(=O)c1ccn(Cc2ccccc2[N+](=O)[O-])c1.